The second-order valence-electron chi connectivity index (χ2n) is 11.1. The molecule has 1 unspecified atom stereocenters. The van der Waals surface area contributed by atoms with Crippen molar-refractivity contribution in [1.82, 2.24) is 5.32 Å². The maximum Gasteiger partial charge on any atom is 0.246 e. The lowest BCUT2D eigenvalue weighted by atomic mass is 9.87. The zero-order valence-corrected chi connectivity index (χ0v) is 23.9. The molecule has 0 spiro atoms. The molecule has 4 heteroatoms. The first-order chi connectivity index (χ1) is 18.1. The molecule has 1 amide bonds. The van der Waals surface area contributed by atoms with Gasteiger partial charge in [0, 0.05) is 12.1 Å². The van der Waals surface area contributed by atoms with E-state index in [9.17, 15) is 9.90 Å². The number of nitrogens with one attached hydrogen (secondary N) is 1. The van der Waals surface area contributed by atoms with Crippen LogP contribution in [-0.4, -0.2) is 16.6 Å². The Bertz CT molecular complexity index is 1180. The minimum atomic E-state index is -0.161. The summed E-state index contributed by atoms with van der Waals surface area (Å²) in [5.74, 6) is 1.28. The summed E-state index contributed by atoms with van der Waals surface area (Å²) in [4.78, 5) is 12.3. The van der Waals surface area contributed by atoms with Crippen LogP contribution in [0.25, 0.3) is 0 Å². The number of phenolic OH excluding ortho intramolecular Hbond substituents is 1. The van der Waals surface area contributed by atoms with Crippen LogP contribution < -0.4 is 10.1 Å². The summed E-state index contributed by atoms with van der Waals surface area (Å²) in [6.07, 6.45) is 14.6. The minimum absolute atomic E-state index is 0.00220. The fourth-order valence-corrected chi connectivity index (χ4v) is 4.93. The third kappa shape index (κ3) is 9.24. The average Bonchev–Trinajstić information content (AvgIpc) is 2.88. The SMILES string of the molecule is C/C(=C\CC/C(C)=C/CCC1(C)CCc2cc(O)cc(C)c2O1)CC/C=C(\C)C(=O)NCc1ccccc1. The Morgan fingerprint density at radius 3 is 2.37 bits per heavy atom. The van der Waals surface area contributed by atoms with Crippen LogP contribution in [0.1, 0.15) is 89.3 Å². The first-order valence-corrected chi connectivity index (χ1v) is 14.0. The van der Waals surface area contributed by atoms with Crippen molar-refractivity contribution in [2.24, 2.45) is 0 Å². The van der Waals surface area contributed by atoms with E-state index in [1.807, 2.05) is 56.3 Å². The van der Waals surface area contributed by atoms with Crippen molar-refractivity contribution in [1.29, 1.82) is 0 Å². The van der Waals surface area contributed by atoms with Gasteiger partial charge < -0.3 is 15.2 Å². The first kappa shape index (κ1) is 29.3. The lowest BCUT2D eigenvalue weighted by molar-refractivity contribution is -0.117. The van der Waals surface area contributed by atoms with E-state index in [0.717, 1.165) is 79.4 Å². The molecule has 0 fully saturated rings. The summed E-state index contributed by atoms with van der Waals surface area (Å²) >= 11 is 0. The van der Waals surface area contributed by atoms with Gasteiger partial charge in [0.15, 0.2) is 0 Å². The summed E-state index contributed by atoms with van der Waals surface area (Å²) in [6.45, 7) is 11.1. The van der Waals surface area contributed by atoms with E-state index in [2.05, 4.69) is 38.2 Å². The predicted molar refractivity (Wildman–Crippen MR) is 157 cm³/mol. The molecular weight excluding hydrogens is 470 g/mol. The lowest BCUT2D eigenvalue weighted by Crippen LogP contribution is -2.36. The van der Waals surface area contributed by atoms with E-state index < -0.39 is 0 Å². The second kappa shape index (κ2) is 14.0. The number of hydrogen-bond acceptors (Lipinski definition) is 3. The molecule has 2 aromatic carbocycles. The minimum Gasteiger partial charge on any atom is -0.508 e. The van der Waals surface area contributed by atoms with Gasteiger partial charge in [-0.1, -0.05) is 59.7 Å². The fourth-order valence-electron chi connectivity index (χ4n) is 4.93. The molecule has 204 valence electrons. The molecule has 0 radical (unpaired) electrons. The number of rotatable bonds is 12. The quantitative estimate of drug-likeness (QED) is 0.221. The zero-order chi connectivity index (χ0) is 27.5. The summed E-state index contributed by atoms with van der Waals surface area (Å²) in [6, 6.07) is 13.6. The van der Waals surface area contributed by atoms with Crippen LogP contribution in [0.2, 0.25) is 0 Å². The highest BCUT2D eigenvalue weighted by molar-refractivity contribution is 5.92. The van der Waals surface area contributed by atoms with E-state index in [-0.39, 0.29) is 11.5 Å². The molecule has 0 bridgehead atoms. The van der Waals surface area contributed by atoms with E-state index in [4.69, 9.17) is 4.74 Å². The number of benzene rings is 2. The molecule has 1 atom stereocenters. The highest BCUT2D eigenvalue weighted by Crippen LogP contribution is 2.39. The van der Waals surface area contributed by atoms with Crippen molar-refractivity contribution < 1.29 is 14.6 Å². The number of ether oxygens (including phenoxy) is 1. The van der Waals surface area contributed by atoms with Crippen LogP contribution in [-0.2, 0) is 17.8 Å². The number of allylic oxidation sites excluding steroid dienone is 5. The van der Waals surface area contributed by atoms with Crippen LogP contribution in [0.5, 0.6) is 11.5 Å². The second-order valence-corrected chi connectivity index (χ2v) is 11.1. The molecule has 0 saturated heterocycles. The van der Waals surface area contributed by atoms with Crippen LogP contribution in [0.4, 0.5) is 0 Å². The molecule has 0 aromatic heterocycles. The van der Waals surface area contributed by atoms with Crippen molar-refractivity contribution in [3.63, 3.8) is 0 Å². The Labute approximate surface area is 229 Å². The van der Waals surface area contributed by atoms with E-state index in [1.54, 1.807) is 6.07 Å². The standard InChI is InChI=1S/C34H45NO3/c1-25(14-10-16-27(3)33(37)35-24-29-17-7-6-8-18-29)12-9-13-26(2)15-11-20-34(5)21-19-30-23-31(36)22-28(4)32(30)38-34/h6-8,12,15-18,22-23,36H,9-11,13-14,19-21,24H2,1-5H3,(H,35,37)/b25-12+,26-15+,27-16+. The maximum absolute atomic E-state index is 12.3. The van der Waals surface area contributed by atoms with Crippen molar-refractivity contribution in [3.05, 3.63) is 94.1 Å². The molecule has 2 aromatic rings. The predicted octanol–water partition coefficient (Wildman–Crippen LogP) is 8.28. The fraction of sp³-hybridized carbons (Fsp3) is 0.441. The Hall–Kier alpha value is -3.27. The Morgan fingerprint density at radius 1 is 1.00 bits per heavy atom. The maximum atomic E-state index is 12.3. The monoisotopic (exact) mass is 515 g/mol. The average molecular weight is 516 g/mol. The summed E-state index contributed by atoms with van der Waals surface area (Å²) in [5, 5.41) is 12.8. The van der Waals surface area contributed by atoms with Gasteiger partial charge in [-0.2, -0.15) is 0 Å². The van der Waals surface area contributed by atoms with Crippen molar-refractivity contribution >= 4 is 5.91 Å². The van der Waals surface area contributed by atoms with Gasteiger partial charge in [0.25, 0.3) is 0 Å². The molecular formula is C34H45NO3. The Kier molecular flexibility index (Phi) is 10.8. The molecule has 1 heterocycles. The Balaban J connectivity index is 1.35. The van der Waals surface area contributed by atoms with E-state index in [0.29, 0.717) is 12.3 Å². The number of phenols is 1. The number of hydrogen-bond donors (Lipinski definition) is 2. The van der Waals surface area contributed by atoms with Crippen LogP contribution in [0, 0.1) is 6.92 Å². The van der Waals surface area contributed by atoms with E-state index in [1.165, 1.54) is 11.1 Å². The summed E-state index contributed by atoms with van der Waals surface area (Å²) < 4.78 is 6.42. The van der Waals surface area contributed by atoms with Gasteiger partial charge in [0.1, 0.15) is 17.1 Å². The molecule has 0 aliphatic carbocycles. The van der Waals surface area contributed by atoms with Crippen LogP contribution in [0.15, 0.2) is 77.4 Å². The largest absolute Gasteiger partial charge is 0.508 e. The van der Waals surface area contributed by atoms with E-state index >= 15 is 0 Å². The Morgan fingerprint density at radius 2 is 1.66 bits per heavy atom. The lowest BCUT2D eigenvalue weighted by Gasteiger charge is -2.36. The van der Waals surface area contributed by atoms with Gasteiger partial charge in [-0.15, -0.1) is 0 Å². The van der Waals surface area contributed by atoms with Crippen molar-refractivity contribution in [2.75, 3.05) is 0 Å². The number of amides is 1. The number of fused-ring (bicyclic) bond motifs is 1. The molecule has 1 aliphatic heterocycles. The highest BCUT2D eigenvalue weighted by Gasteiger charge is 2.32. The summed E-state index contributed by atoms with van der Waals surface area (Å²) in [5.41, 5.74) is 6.64. The van der Waals surface area contributed by atoms with Gasteiger partial charge in [-0.25, -0.2) is 0 Å². The van der Waals surface area contributed by atoms with Crippen LogP contribution >= 0.6 is 0 Å². The number of carbonyl (C=O) groups excluding carboxylic acids is 1. The highest BCUT2D eigenvalue weighted by atomic mass is 16.5. The third-order valence-electron chi connectivity index (χ3n) is 7.45. The molecule has 2 N–H and O–H groups in total. The van der Waals surface area contributed by atoms with Crippen molar-refractivity contribution in [2.45, 2.75) is 98.1 Å². The van der Waals surface area contributed by atoms with Gasteiger partial charge in [-0.3, -0.25) is 4.79 Å². The number of carbonyl (C=O) groups is 1. The zero-order valence-electron chi connectivity index (χ0n) is 23.9. The van der Waals surface area contributed by atoms with Crippen molar-refractivity contribution in [3.8, 4) is 11.5 Å². The molecule has 1 aliphatic rings. The number of aromatic hydroxyl groups is 1. The molecule has 3 rings (SSSR count). The number of aryl methyl sites for hydroxylation is 2. The molecule has 0 saturated carbocycles. The van der Waals surface area contributed by atoms with Crippen LogP contribution in [0.3, 0.4) is 0 Å². The van der Waals surface area contributed by atoms with Gasteiger partial charge in [0.2, 0.25) is 5.91 Å². The smallest absolute Gasteiger partial charge is 0.246 e. The molecule has 38 heavy (non-hydrogen) atoms. The first-order valence-electron chi connectivity index (χ1n) is 14.0. The van der Waals surface area contributed by atoms with Gasteiger partial charge in [-0.05, 0) is 115 Å². The normalized spacial score (nSPS) is 18.1. The third-order valence-corrected chi connectivity index (χ3v) is 7.45. The molecule has 4 nitrogen and oxygen atoms in total. The topological polar surface area (TPSA) is 58.6 Å². The summed E-state index contributed by atoms with van der Waals surface area (Å²) in [7, 11) is 0. The van der Waals surface area contributed by atoms with Gasteiger partial charge in [0.05, 0.1) is 0 Å². The van der Waals surface area contributed by atoms with Gasteiger partial charge >= 0.3 is 0 Å².